The van der Waals surface area contributed by atoms with Crippen LogP contribution in [-0.4, -0.2) is 17.2 Å². The van der Waals surface area contributed by atoms with Crippen molar-refractivity contribution in [2.75, 3.05) is 7.05 Å². The Morgan fingerprint density at radius 1 is 1.13 bits per heavy atom. The number of nitrogens with zero attached hydrogens (tertiary/aromatic N) is 2. The normalized spacial score (nSPS) is 10.5. The smallest absolute Gasteiger partial charge is 0.230 e. The van der Waals surface area contributed by atoms with E-state index >= 15 is 0 Å². The fraction of sp³-hybridized carbons (Fsp3) is 0.273. The summed E-state index contributed by atoms with van der Waals surface area (Å²) in [5.41, 5.74) is 1.18. The summed E-state index contributed by atoms with van der Waals surface area (Å²) in [6.45, 7) is 0.613. The van der Waals surface area contributed by atoms with Crippen molar-refractivity contribution in [3.63, 3.8) is 0 Å². The van der Waals surface area contributed by atoms with Gasteiger partial charge < -0.3 is 9.73 Å². The van der Waals surface area contributed by atoms with E-state index in [0.717, 1.165) is 0 Å². The summed E-state index contributed by atoms with van der Waals surface area (Å²) in [4.78, 5) is 0. The minimum Gasteiger partial charge on any atom is -0.424 e. The highest BCUT2D eigenvalue weighted by atomic mass is 16.4. The molecule has 1 N–H and O–H groups in total. The van der Waals surface area contributed by atoms with Crippen LogP contribution in [-0.2, 0) is 13.0 Å². The predicted octanol–water partition coefficient (Wildman–Crippen LogP) is 1.38. The first kappa shape index (κ1) is 9.86. The molecule has 0 amide bonds. The molecule has 78 valence electrons. The van der Waals surface area contributed by atoms with Gasteiger partial charge in [-0.3, -0.25) is 0 Å². The monoisotopic (exact) mass is 203 g/mol. The average molecular weight is 203 g/mol. The first-order valence-corrected chi connectivity index (χ1v) is 4.88. The first-order chi connectivity index (χ1) is 7.38. The Morgan fingerprint density at radius 3 is 2.60 bits per heavy atom. The maximum Gasteiger partial charge on any atom is 0.230 e. The van der Waals surface area contributed by atoms with Gasteiger partial charge >= 0.3 is 0 Å². The third-order valence-corrected chi connectivity index (χ3v) is 2.03. The zero-order valence-electron chi connectivity index (χ0n) is 8.60. The molecule has 0 atom stereocenters. The molecule has 0 spiro atoms. The molecule has 2 rings (SSSR count). The molecule has 1 aromatic carbocycles. The molecule has 0 radical (unpaired) electrons. The minimum absolute atomic E-state index is 0.613. The van der Waals surface area contributed by atoms with E-state index in [4.69, 9.17) is 4.42 Å². The summed E-state index contributed by atoms with van der Waals surface area (Å²) in [5, 5.41) is 10.9. The van der Waals surface area contributed by atoms with Crippen molar-refractivity contribution in [2.24, 2.45) is 0 Å². The molecule has 15 heavy (non-hydrogen) atoms. The van der Waals surface area contributed by atoms with Crippen molar-refractivity contribution >= 4 is 0 Å². The van der Waals surface area contributed by atoms with Crippen molar-refractivity contribution < 1.29 is 4.42 Å². The molecule has 2 aromatic rings. The molecule has 0 aliphatic rings. The second-order valence-electron chi connectivity index (χ2n) is 3.28. The van der Waals surface area contributed by atoms with Crippen molar-refractivity contribution in [1.29, 1.82) is 0 Å². The van der Waals surface area contributed by atoms with Gasteiger partial charge in [-0.25, -0.2) is 0 Å². The Bertz CT molecular complexity index is 411. The molecule has 0 aliphatic heterocycles. The summed E-state index contributed by atoms with van der Waals surface area (Å²) in [7, 11) is 1.85. The Morgan fingerprint density at radius 2 is 1.87 bits per heavy atom. The van der Waals surface area contributed by atoms with Crippen LogP contribution < -0.4 is 5.32 Å². The van der Waals surface area contributed by atoms with Gasteiger partial charge in [0.25, 0.3) is 0 Å². The van der Waals surface area contributed by atoms with E-state index in [2.05, 4.69) is 15.5 Å². The molecule has 0 saturated heterocycles. The molecular formula is C11H13N3O. The highest BCUT2D eigenvalue weighted by Gasteiger charge is 2.05. The zero-order valence-corrected chi connectivity index (χ0v) is 8.60. The quantitative estimate of drug-likeness (QED) is 0.815. The predicted molar refractivity (Wildman–Crippen MR) is 56.3 cm³/mol. The van der Waals surface area contributed by atoms with E-state index in [-0.39, 0.29) is 0 Å². The lowest BCUT2D eigenvalue weighted by Crippen LogP contribution is -2.04. The van der Waals surface area contributed by atoms with Crippen molar-refractivity contribution in [3.8, 4) is 0 Å². The standard InChI is InChI=1S/C11H13N3O/c1-12-8-11-14-13-10(15-11)7-9-5-3-2-4-6-9/h2-6,12H,7-8H2,1H3. The van der Waals surface area contributed by atoms with E-state index in [1.807, 2.05) is 37.4 Å². The Balaban J connectivity index is 2.05. The van der Waals surface area contributed by atoms with Gasteiger partial charge in [-0.05, 0) is 12.6 Å². The highest BCUT2D eigenvalue weighted by molar-refractivity contribution is 5.17. The fourth-order valence-corrected chi connectivity index (χ4v) is 1.35. The number of rotatable bonds is 4. The van der Waals surface area contributed by atoms with Crippen LogP contribution >= 0.6 is 0 Å². The molecule has 4 heteroatoms. The molecule has 4 nitrogen and oxygen atoms in total. The van der Waals surface area contributed by atoms with Crippen molar-refractivity contribution in [1.82, 2.24) is 15.5 Å². The van der Waals surface area contributed by atoms with Crippen LogP contribution in [0.2, 0.25) is 0 Å². The average Bonchev–Trinajstić information content (AvgIpc) is 2.68. The van der Waals surface area contributed by atoms with E-state index in [1.54, 1.807) is 0 Å². The van der Waals surface area contributed by atoms with Crippen molar-refractivity contribution in [3.05, 3.63) is 47.7 Å². The maximum absolute atomic E-state index is 5.44. The molecule has 0 bridgehead atoms. The van der Waals surface area contributed by atoms with Gasteiger partial charge in [0.2, 0.25) is 11.8 Å². The number of hydrogen-bond donors (Lipinski definition) is 1. The fourth-order valence-electron chi connectivity index (χ4n) is 1.35. The topological polar surface area (TPSA) is 51.0 Å². The lowest BCUT2D eigenvalue weighted by atomic mass is 10.2. The summed E-state index contributed by atoms with van der Waals surface area (Å²) in [6.07, 6.45) is 0.692. The van der Waals surface area contributed by atoms with E-state index in [1.165, 1.54) is 5.56 Å². The third-order valence-electron chi connectivity index (χ3n) is 2.03. The Hall–Kier alpha value is -1.68. The lowest BCUT2D eigenvalue weighted by Gasteiger charge is -1.94. The highest BCUT2D eigenvalue weighted by Crippen LogP contribution is 2.07. The molecule has 0 fully saturated rings. The molecule has 1 heterocycles. The van der Waals surface area contributed by atoms with Gasteiger partial charge in [0.1, 0.15) is 0 Å². The summed E-state index contributed by atoms with van der Waals surface area (Å²) < 4.78 is 5.44. The molecule has 0 unspecified atom stereocenters. The molecule has 1 aromatic heterocycles. The first-order valence-electron chi connectivity index (χ1n) is 4.88. The van der Waals surface area contributed by atoms with Gasteiger partial charge in [-0.15, -0.1) is 10.2 Å². The SMILES string of the molecule is CNCc1nnc(Cc2ccccc2)o1. The summed E-state index contributed by atoms with van der Waals surface area (Å²) in [5.74, 6) is 1.29. The molecular weight excluding hydrogens is 190 g/mol. The van der Waals surface area contributed by atoms with Crippen LogP contribution in [0.3, 0.4) is 0 Å². The maximum atomic E-state index is 5.44. The zero-order chi connectivity index (χ0) is 10.5. The Labute approximate surface area is 88.3 Å². The number of nitrogens with one attached hydrogen (secondary N) is 1. The van der Waals surface area contributed by atoms with Crippen LogP contribution in [0.5, 0.6) is 0 Å². The number of benzene rings is 1. The third kappa shape index (κ3) is 2.63. The van der Waals surface area contributed by atoms with E-state index < -0.39 is 0 Å². The van der Waals surface area contributed by atoms with Crippen LogP contribution in [0.1, 0.15) is 17.3 Å². The minimum atomic E-state index is 0.613. The summed E-state index contributed by atoms with van der Waals surface area (Å²) in [6, 6.07) is 10.1. The van der Waals surface area contributed by atoms with Crippen LogP contribution in [0.4, 0.5) is 0 Å². The largest absolute Gasteiger partial charge is 0.424 e. The van der Waals surface area contributed by atoms with Gasteiger partial charge in [0.05, 0.1) is 13.0 Å². The van der Waals surface area contributed by atoms with Gasteiger partial charge in [-0.1, -0.05) is 30.3 Å². The summed E-state index contributed by atoms with van der Waals surface area (Å²) >= 11 is 0. The van der Waals surface area contributed by atoms with Crippen molar-refractivity contribution in [2.45, 2.75) is 13.0 Å². The second-order valence-corrected chi connectivity index (χ2v) is 3.28. The van der Waals surface area contributed by atoms with Crippen LogP contribution in [0, 0.1) is 0 Å². The van der Waals surface area contributed by atoms with Gasteiger partial charge in [0.15, 0.2) is 0 Å². The number of aromatic nitrogens is 2. The van der Waals surface area contributed by atoms with E-state index in [0.29, 0.717) is 24.7 Å². The van der Waals surface area contributed by atoms with E-state index in [9.17, 15) is 0 Å². The Kier molecular flexibility index (Phi) is 3.09. The number of hydrogen-bond acceptors (Lipinski definition) is 4. The molecule has 0 saturated carbocycles. The van der Waals surface area contributed by atoms with Crippen LogP contribution in [0.25, 0.3) is 0 Å². The second kappa shape index (κ2) is 4.70. The van der Waals surface area contributed by atoms with Crippen LogP contribution in [0.15, 0.2) is 34.7 Å². The lowest BCUT2D eigenvalue weighted by molar-refractivity contribution is 0.447. The molecule has 0 aliphatic carbocycles. The van der Waals surface area contributed by atoms with Gasteiger partial charge in [0, 0.05) is 0 Å². The van der Waals surface area contributed by atoms with Gasteiger partial charge in [-0.2, -0.15) is 0 Å².